The van der Waals surface area contributed by atoms with E-state index in [1.165, 1.54) is 17.5 Å². The van der Waals surface area contributed by atoms with Crippen LogP contribution >= 0.6 is 24.8 Å². The first kappa shape index (κ1) is 23.5. The molecule has 1 saturated heterocycles. The molecule has 3 rings (SSSR count). The van der Waals surface area contributed by atoms with Gasteiger partial charge in [0.1, 0.15) is 0 Å². The molecule has 1 atom stereocenters. The van der Waals surface area contributed by atoms with Crippen molar-refractivity contribution in [3.63, 3.8) is 0 Å². The summed E-state index contributed by atoms with van der Waals surface area (Å²) in [7, 11) is 0. The van der Waals surface area contributed by atoms with Crippen LogP contribution in [-0.4, -0.2) is 35.7 Å². The Morgan fingerprint density at radius 2 is 2.11 bits per heavy atom. The molecule has 3 N–H and O–H groups in total. The fourth-order valence-corrected chi connectivity index (χ4v) is 3.57. The molecule has 5 nitrogen and oxygen atoms in total. The standard InChI is InChI=1S/C20H28N4O.2ClH/c1-14-19(15(2)24-23-14)7-4-9-22-20(25)18-6-3-5-16(12-18)11-17-8-10-21-13-17;;/h3,5-6,12,17,21H,4,7-11,13H2,1-2H3,(H,22,25)(H,23,24);2*1H. The molecule has 0 spiro atoms. The highest BCUT2D eigenvalue weighted by Gasteiger charge is 2.15. The van der Waals surface area contributed by atoms with E-state index in [2.05, 4.69) is 26.9 Å². The van der Waals surface area contributed by atoms with Crippen molar-refractivity contribution < 1.29 is 4.79 Å². The molecular weight excluding hydrogens is 383 g/mol. The molecule has 1 unspecified atom stereocenters. The Morgan fingerprint density at radius 1 is 1.30 bits per heavy atom. The summed E-state index contributed by atoms with van der Waals surface area (Å²) in [6.45, 7) is 6.94. The summed E-state index contributed by atoms with van der Waals surface area (Å²) in [5.41, 5.74) is 5.46. The van der Waals surface area contributed by atoms with Crippen LogP contribution in [0.5, 0.6) is 0 Å². The topological polar surface area (TPSA) is 69.8 Å². The summed E-state index contributed by atoms with van der Waals surface area (Å²) in [5, 5.41) is 13.7. The Hall–Kier alpha value is -1.56. The molecule has 1 aliphatic heterocycles. The molecule has 1 aliphatic rings. The van der Waals surface area contributed by atoms with E-state index in [1.807, 2.05) is 32.0 Å². The number of rotatable bonds is 7. The Labute approximate surface area is 173 Å². The lowest BCUT2D eigenvalue weighted by molar-refractivity contribution is 0.0953. The van der Waals surface area contributed by atoms with E-state index < -0.39 is 0 Å². The first-order valence-electron chi connectivity index (χ1n) is 9.22. The number of hydrogen-bond acceptors (Lipinski definition) is 3. The van der Waals surface area contributed by atoms with Crippen LogP contribution in [0, 0.1) is 19.8 Å². The summed E-state index contributed by atoms with van der Waals surface area (Å²) < 4.78 is 0. The molecule has 0 radical (unpaired) electrons. The van der Waals surface area contributed by atoms with Gasteiger partial charge in [0.15, 0.2) is 0 Å². The van der Waals surface area contributed by atoms with Gasteiger partial charge in [0.2, 0.25) is 0 Å². The number of halogens is 2. The van der Waals surface area contributed by atoms with Gasteiger partial charge in [-0.2, -0.15) is 5.10 Å². The van der Waals surface area contributed by atoms with Crippen molar-refractivity contribution in [1.29, 1.82) is 0 Å². The number of aromatic nitrogens is 2. The molecule has 0 saturated carbocycles. The zero-order valence-corrected chi connectivity index (χ0v) is 17.6. The third kappa shape index (κ3) is 6.52. The Kier molecular flexibility index (Phi) is 9.84. The van der Waals surface area contributed by atoms with Gasteiger partial charge in [0.05, 0.1) is 5.69 Å². The maximum Gasteiger partial charge on any atom is 0.251 e. The van der Waals surface area contributed by atoms with Gasteiger partial charge in [0.25, 0.3) is 5.91 Å². The van der Waals surface area contributed by atoms with Gasteiger partial charge >= 0.3 is 0 Å². The molecule has 2 aromatic rings. The predicted octanol–water partition coefficient (Wildman–Crippen LogP) is 3.38. The smallest absolute Gasteiger partial charge is 0.251 e. The number of aromatic amines is 1. The fraction of sp³-hybridized carbons (Fsp3) is 0.500. The summed E-state index contributed by atoms with van der Waals surface area (Å²) in [6, 6.07) is 8.05. The van der Waals surface area contributed by atoms with Crippen LogP contribution in [0.3, 0.4) is 0 Å². The maximum atomic E-state index is 12.4. The lowest BCUT2D eigenvalue weighted by Gasteiger charge is -2.10. The highest BCUT2D eigenvalue weighted by Crippen LogP contribution is 2.16. The summed E-state index contributed by atoms with van der Waals surface area (Å²) in [6.07, 6.45) is 4.12. The van der Waals surface area contributed by atoms with Crippen molar-refractivity contribution in [2.75, 3.05) is 19.6 Å². The third-order valence-corrected chi connectivity index (χ3v) is 5.05. The SMILES string of the molecule is Cc1n[nH]c(C)c1CCCNC(=O)c1cccc(CC2CCNC2)c1.Cl.Cl. The van der Waals surface area contributed by atoms with Gasteiger partial charge in [-0.1, -0.05) is 12.1 Å². The van der Waals surface area contributed by atoms with E-state index >= 15 is 0 Å². The second-order valence-electron chi connectivity index (χ2n) is 7.04. The predicted molar refractivity (Wildman–Crippen MR) is 114 cm³/mol. The molecule has 1 fully saturated rings. The number of amides is 1. The quantitative estimate of drug-likeness (QED) is 0.610. The Balaban J connectivity index is 0.00000182. The van der Waals surface area contributed by atoms with E-state index in [0.717, 1.165) is 49.3 Å². The van der Waals surface area contributed by atoms with Gasteiger partial charge in [-0.05, 0) is 81.8 Å². The van der Waals surface area contributed by atoms with Crippen molar-refractivity contribution in [3.8, 4) is 0 Å². The van der Waals surface area contributed by atoms with Crippen molar-refractivity contribution in [2.24, 2.45) is 5.92 Å². The summed E-state index contributed by atoms with van der Waals surface area (Å²) in [4.78, 5) is 12.4. The van der Waals surface area contributed by atoms with E-state index in [-0.39, 0.29) is 30.7 Å². The van der Waals surface area contributed by atoms with Crippen LogP contribution in [0.25, 0.3) is 0 Å². The van der Waals surface area contributed by atoms with Crippen molar-refractivity contribution in [2.45, 2.75) is 39.5 Å². The fourth-order valence-electron chi connectivity index (χ4n) is 3.57. The number of carbonyl (C=O) groups is 1. The minimum absolute atomic E-state index is 0. The first-order chi connectivity index (χ1) is 12.1. The van der Waals surface area contributed by atoms with Crippen molar-refractivity contribution in [1.82, 2.24) is 20.8 Å². The van der Waals surface area contributed by atoms with Gasteiger partial charge in [0, 0.05) is 17.8 Å². The monoisotopic (exact) mass is 412 g/mol. The van der Waals surface area contributed by atoms with Crippen LogP contribution in [-0.2, 0) is 12.8 Å². The molecule has 0 bridgehead atoms. The largest absolute Gasteiger partial charge is 0.352 e. The van der Waals surface area contributed by atoms with Gasteiger partial charge in [-0.25, -0.2) is 0 Å². The Bertz CT molecular complexity index is 707. The first-order valence-corrected chi connectivity index (χ1v) is 9.22. The lowest BCUT2D eigenvalue weighted by atomic mass is 9.97. The number of carbonyl (C=O) groups excluding carboxylic acids is 1. The maximum absolute atomic E-state index is 12.4. The minimum Gasteiger partial charge on any atom is -0.352 e. The molecule has 0 aliphatic carbocycles. The molecule has 150 valence electrons. The third-order valence-electron chi connectivity index (χ3n) is 5.05. The summed E-state index contributed by atoms with van der Waals surface area (Å²) in [5.74, 6) is 0.715. The molecule has 7 heteroatoms. The number of hydrogen-bond donors (Lipinski definition) is 3. The van der Waals surface area contributed by atoms with Crippen LogP contribution in [0.15, 0.2) is 24.3 Å². The Morgan fingerprint density at radius 3 is 2.78 bits per heavy atom. The average Bonchev–Trinajstić information content (AvgIpc) is 3.23. The van der Waals surface area contributed by atoms with Gasteiger partial charge in [-0.15, -0.1) is 24.8 Å². The molecule has 1 amide bonds. The lowest BCUT2D eigenvalue weighted by Crippen LogP contribution is -2.25. The molecule has 2 heterocycles. The second kappa shape index (κ2) is 11.3. The summed E-state index contributed by atoms with van der Waals surface area (Å²) >= 11 is 0. The average molecular weight is 413 g/mol. The van der Waals surface area contributed by atoms with E-state index in [1.54, 1.807) is 0 Å². The highest BCUT2D eigenvalue weighted by atomic mass is 35.5. The molecular formula is C20H30Cl2N4O. The molecule has 1 aromatic heterocycles. The van der Waals surface area contributed by atoms with E-state index in [0.29, 0.717) is 12.5 Å². The number of H-pyrrole nitrogens is 1. The molecule has 27 heavy (non-hydrogen) atoms. The van der Waals surface area contributed by atoms with E-state index in [4.69, 9.17) is 0 Å². The van der Waals surface area contributed by atoms with Crippen LogP contribution in [0.4, 0.5) is 0 Å². The number of aryl methyl sites for hydroxylation is 2. The van der Waals surface area contributed by atoms with Crippen LogP contribution < -0.4 is 10.6 Å². The van der Waals surface area contributed by atoms with Gasteiger partial charge in [-0.3, -0.25) is 9.89 Å². The van der Waals surface area contributed by atoms with Crippen LogP contribution in [0.2, 0.25) is 0 Å². The number of benzene rings is 1. The van der Waals surface area contributed by atoms with Crippen molar-refractivity contribution in [3.05, 3.63) is 52.3 Å². The zero-order valence-electron chi connectivity index (χ0n) is 16.0. The molecule has 1 aromatic carbocycles. The zero-order chi connectivity index (χ0) is 17.6. The van der Waals surface area contributed by atoms with E-state index in [9.17, 15) is 4.79 Å². The minimum atomic E-state index is 0. The highest BCUT2D eigenvalue weighted by molar-refractivity contribution is 5.94. The second-order valence-corrected chi connectivity index (χ2v) is 7.04. The number of nitrogens with zero attached hydrogens (tertiary/aromatic N) is 1. The number of nitrogens with one attached hydrogen (secondary N) is 3. The van der Waals surface area contributed by atoms with Gasteiger partial charge < -0.3 is 10.6 Å². The van der Waals surface area contributed by atoms with Crippen LogP contribution in [0.1, 0.15) is 45.7 Å². The normalized spacial score (nSPS) is 15.7. The van der Waals surface area contributed by atoms with Crippen molar-refractivity contribution >= 4 is 30.7 Å².